The lowest BCUT2D eigenvalue weighted by atomic mass is 10.1. The first-order chi connectivity index (χ1) is 10.0. The van der Waals surface area contributed by atoms with Crippen LogP contribution in [0.3, 0.4) is 0 Å². The molecular formula is C16H21BrN2O2. The zero-order valence-electron chi connectivity index (χ0n) is 12.5. The van der Waals surface area contributed by atoms with Gasteiger partial charge in [-0.15, -0.1) is 0 Å². The lowest BCUT2D eigenvalue weighted by Gasteiger charge is -2.19. The van der Waals surface area contributed by atoms with Gasteiger partial charge < -0.3 is 10.2 Å². The highest BCUT2D eigenvalue weighted by Crippen LogP contribution is 2.29. The molecule has 5 heteroatoms. The molecule has 1 aliphatic heterocycles. The largest absolute Gasteiger partial charge is 0.356 e. The Balaban J connectivity index is 2.04. The van der Waals surface area contributed by atoms with Crippen LogP contribution in [-0.4, -0.2) is 24.9 Å². The number of rotatable bonds is 5. The first-order valence-corrected chi connectivity index (χ1v) is 8.16. The van der Waals surface area contributed by atoms with Gasteiger partial charge in [-0.05, 0) is 37.1 Å². The summed E-state index contributed by atoms with van der Waals surface area (Å²) in [5.74, 6) is -0.220. The molecule has 0 bridgehead atoms. The molecule has 0 radical (unpaired) electrons. The monoisotopic (exact) mass is 352 g/mol. The van der Waals surface area contributed by atoms with Crippen LogP contribution < -0.4 is 10.2 Å². The molecule has 0 aromatic heterocycles. The fourth-order valence-electron chi connectivity index (χ4n) is 2.57. The van der Waals surface area contributed by atoms with Crippen molar-refractivity contribution in [3.05, 3.63) is 28.2 Å². The van der Waals surface area contributed by atoms with Gasteiger partial charge >= 0.3 is 0 Å². The van der Waals surface area contributed by atoms with Crippen molar-refractivity contribution in [2.45, 2.75) is 33.1 Å². The Kier molecular flexibility index (Phi) is 5.39. The number of nitrogens with zero attached hydrogens (tertiary/aromatic N) is 1. The van der Waals surface area contributed by atoms with E-state index in [9.17, 15) is 9.59 Å². The minimum Gasteiger partial charge on any atom is -0.356 e. The van der Waals surface area contributed by atoms with Gasteiger partial charge in [0.2, 0.25) is 11.8 Å². The number of carbonyl (C=O) groups is 2. The highest BCUT2D eigenvalue weighted by Gasteiger charge is 2.35. The number of carbonyl (C=O) groups excluding carboxylic acids is 2. The summed E-state index contributed by atoms with van der Waals surface area (Å²) in [5.41, 5.74) is 1.93. The predicted molar refractivity (Wildman–Crippen MR) is 87.3 cm³/mol. The molecule has 1 fully saturated rings. The average Bonchev–Trinajstić information content (AvgIpc) is 2.81. The Labute approximate surface area is 134 Å². The van der Waals surface area contributed by atoms with E-state index in [-0.39, 0.29) is 17.7 Å². The van der Waals surface area contributed by atoms with E-state index in [4.69, 9.17) is 0 Å². The van der Waals surface area contributed by atoms with Crippen LogP contribution in [0.15, 0.2) is 22.7 Å². The molecule has 1 unspecified atom stereocenters. The quantitative estimate of drug-likeness (QED) is 0.828. The van der Waals surface area contributed by atoms with Crippen LogP contribution in [0.1, 0.15) is 31.7 Å². The van der Waals surface area contributed by atoms with Gasteiger partial charge in [0.25, 0.3) is 0 Å². The van der Waals surface area contributed by atoms with E-state index in [1.165, 1.54) is 0 Å². The van der Waals surface area contributed by atoms with Gasteiger partial charge in [-0.25, -0.2) is 0 Å². The molecule has 1 heterocycles. The van der Waals surface area contributed by atoms with Crippen molar-refractivity contribution in [1.82, 2.24) is 5.32 Å². The number of benzene rings is 1. The fraction of sp³-hybridized carbons (Fsp3) is 0.500. The first kappa shape index (κ1) is 16.0. The normalized spacial score (nSPS) is 18.1. The number of hydrogen-bond acceptors (Lipinski definition) is 2. The zero-order chi connectivity index (χ0) is 15.4. The first-order valence-electron chi connectivity index (χ1n) is 7.37. The van der Waals surface area contributed by atoms with E-state index < -0.39 is 0 Å². The summed E-state index contributed by atoms with van der Waals surface area (Å²) < 4.78 is 0.990. The van der Waals surface area contributed by atoms with Crippen LogP contribution in [0.2, 0.25) is 0 Å². The van der Waals surface area contributed by atoms with Crippen molar-refractivity contribution in [1.29, 1.82) is 0 Å². The number of halogens is 1. The topological polar surface area (TPSA) is 49.4 Å². The van der Waals surface area contributed by atoms with Crippen LogP contribution in [0.4, 0.5) is 5.69 Å². The summed E-state index contributed by atoms with van der Waals surface area (Å²) in [5, 5.41) is 2.92. The zero-order valence-corrected chi connectivity index (χ0v) is 14.1. The van der Waals surface area contributed by atoms with Crippen molar-refractivity contribution < 1.29 is 9.59 Å². The van der Waals surface area contributed by atoms with E-state index in [1.807, 2.05) is 25.1 Å². The van der Waals surface area contributed by atoms with Gasteiger partial charge in [-0.3, -0.25) is 9.59 Å². The average molecular weight is 353 g/mol. The maximum Gasteiger partial charge on any atom is 0.227 e. The Bertz CT molecular complexity index is 545. The van der Waals surface area contributed by atoms with E-state index in [0.717, 1.165) is 28.6 Å². The molecule has 0 saturated carbocycles. The number of hydrogen-bond donors (Lipinski definition) is 1. The molecule has 0 spiro atoms. The Hall–Kier alpha value is -1.36. The smallest absolute Gasteiger partial charge is 0.227 e. The summed E-state index contributed by atoms with van der Waals surface area (Å²) in [7, 11) is 0. The van der Waals surface area contributed by atoms with Crippen molar-refractivity contribution in [3.63, 3.8) is 0 Å². The lowest BCUT2D eigenvalue weighted by molar-refractivity contribution is -0.126. The highest BCUT2D eigenvalue weighted by molar-refractivity contribution is 9.10. The third-order valence-electron chi connectivity index (χ3n) is 3.78. The van der Waals surface area contributed by atoms with Gasteiger partial charge in [0.1, 0.15) is 0 Å². The summed E-state index contributed by atoms with van der Waals surface area (Å²) in [6.07, 6.45) is 2.32. The number of aryl methyl sites for hydroxylation is 1. The molecule has 1 aromatic rings. The molecule has 2 rings (SSSR count). The molecule has 1 atom stereocenters. The molecule has 1 saturated heterocycles. The molecule has 1 N–H and O–H groups in total. The Morgan fingerprint density at radius 2 is 2.24 bits per heavy atom. The SMILES string of the molecule is CCCCNC(=O)C1CC(=O)N(c2ccc(Br)cc2C)C1. The van der Waals surface area contributed by atoms with Crippen molar-refractivity contribution in [3.8, 4) is 0 Å². The molecule has 1 aliphatic rings. The van der Waals surface area contributed by atoms with Crippen LogP contribution >= 0.6 is 15.9 Å². The van der Waals surface area contributed by atoms with Gasteiger partial charge in [-0.1, -0.05) is 29.3 Å². The Morgan fingerprint density at radius 3 is 2.90 bits per heavy atom. The maximum absolute atomic E-state index is 12.2. The van der Waals surface area contributed by atoms with Gasteiger partial charge in [-0.2, -0.15) is 0 Å². The van der Waals surface area contributed by atoms with Crippen molar-refractivity contribution in [2.24, 2.45) is 5.92 Å². The van der Waals surface area contributed by atoms with E-state index in [0.29, 0.717) is 19.5 Å². The molecule has 114 valence electrons. The highest BCUT2D eigenvalue weighted by atomic mass is 79.9. The van der Waals surface area contributed by atoms with Crippen molar-refractivity contribution in [2.75, 3.05) is 18.0 Å². The summed E-state index contributed by atoms with van der Waals surface area (Å²) >= 11 is 3.42. The van der Waals surface area contributed by atoms with Gasteiger partial charge in [0.05, 0.1) is 5.92 Å². The number of amides is 2. The molecule has 0 aliphatic carbocycles. The third-order valence-corrected chi connectivity index (χ3v) is 4.27. The Morgan fingerprint density at radius 1 is 1.48 bits per heavy atom. The summed E-state index contributed by atoms with van der Waals surface area (Å²) in [6.45, 7) is 5.22. The molecule has 2 amide bonds. The molecule has 21 heavy (non-hydrogen) atoms. The van der Waals surface area contributed by atoms with Gasteiger partial charge in [0, 0.05) is 29.7 Å². The molecule has 1 aromatic carbocycles. The second kappa shape index (κ2) is 7.07. The van der Waals surface area contributed by atoms with Crippen LogP contribution in [0.25, 0.3) is 0 Å². The van der Waals surface area contributed by atoms with Crippen molar-refractivity contribution >= 4 is 33.4 Å². The van der Waals surface area contributed by atoms with Crippen LogP contribution in [0.5, 0.6) is 0 Å². The standard InChI is InChI=1S/C16H21BrN2O2/c1-3-4-7-18-16(21)12-9-15(20)19(10-12)14-6-5-13(17)8-11(14)2/h5-6,8,12H,3-4,7,9-10H2,1-2H3,(H,18,21). The second-order valence-corrected chi connectivity index (χ2v) is 6.40. The maximum atomic E-state index is 12.2. The lowest BCUT2D eigenvalue weighted by Crippen LogP contribution is -2.33. The minimum absolute atomic E-state index is 0.00550. The minimum atomic E-state index is -0.239. The molecular weight excluding hydrogens is 332 g/mol. The van der Waals surface area contributed by atoms with Crippen LogP contribution in [0, 0.1) is 12.8 Å². The third kappa shape index (κ3) is 3.84. The number of anilines is 1. The van der Waals surface area contributed by atoms with E-state index in [1.54, 1.807) is 4.90 Å². The summed E-state index contributed by atoms with van der Waals surface area (Å²) in [4.78, 5) is 26.0. The predicted octanol–water partition coefficient (Wildman–Crippen LogP) is 3.03. The number of unbranched alkanes of at least 4 members (excludes halogenated alkanes) is 1. The second-order valence-electron chi connectivity index (χ2n) is 5.48. The van der Waals surface area contributed by atoms with Gasteiger partial charge in [0.15, 0.2) is 0 Å². The fourth-order valence-corrected chi connectivity index (χ4v) is 3.05. The van der Waals surface area contributed by atoms with E-state index >= 15 is 0 Å². The van der Waals surface area contributed by atoms with E-state index in [2.05, 4.69) is 28.2 Å². The molecule has 4 nitrogen and oxygen atoms in total. The number of nitrogens with one attached hydrogen (secondary N) is 1. The summed E-state index contributed by atoms with van der Waals surface area (Å²) in [6, 6.07) is 5.83. The van der Waals surface area contributed by atoms with Crippen LogP contribution in [-0.2, 0) is 9.59 Å².